The van der Waals surface area contributed by atoms with Crippen molar-refractivity contribution < 1.29 is 23.8 Å². The molecule has 4 rings (SSSR count). The van der Waals surface area contributed by atoms with Crippen LogP contribution in [0.5, 0.6) is 5.75 Å². The molecule has 3 fully saturated rings. The highest BCUT2D eigenvalue weighted by Crippen LogP contribution is 2.29. The minimum atomic E-state index is -0.278. The maximum Gasteiger partial charge on any atom is 0.306 e. The number of hydrogen-bond acceptors (Lipinski definition) is 8. The van der Waals surface area contributed by atoms with Crippen LogP contribution in [0, 0.1) is 0 Å². The molecule has 206 valence electrons. The van der Waals surface area contributed by atoms with Crippen molar-refractivity contribution in [3.8, 4) is 5.75 Å². The van der Waals surface area contributed by atoms with Crippen LogP contribution in [0.3, 0.4) is 0 Å². The summed E-state index contributed by atoms with van der Waals surface area (Å²) >= 11 is 6.09. The van der Waals surface area contributed by atoms with Crippen LogP contribution in [0.15, 0.2) is 12.1 Å². The molecule has 1 aromatic carbocycles. The summed E-state index contributed by atoms with van der Waals surface area (Å²) in [6.07, 6.45) is 8.05. The Morgan fingerprint density at radius 2 is 2.03 bits per heavy atom. The predicted octanol–water partition coefficient (Wildman–Crippen LogP) is 3.09. The number of benzene rings is 1. The standard InChI is InChI=1S/C27H41ClN4O5/c1-35-25-15-24(29)23(28)14-22(25)27(34)30-16-21-17-31(12-13-36-21)10-4-2-3-8-26(33)37-20-7-5-6-19-9-11-32(19)18-20/h14-15,19-21H,2-13,16-18,29H2,1H3,(H,30,34)/t19?,20-,21+/m1/s1. The van der Waals surface area contributed by atoms with Crippen LogP contribution in [0.25, 0.3) is 0 Å². The first-order valence-electron chi connectivity index (χ1n) is 13.6. The van der Waals surface area contributed by atoms with Crippen molar-refractivity contribution in [2.45, 2.75) is 69.6 Å². The van der Waals surface area contributed by atoms with E-state index in [9.17, 15) is 9.59 Å². The molecule has 1 aromatic rings. The molecule has 3 aliphatic heterocycles. The summed E-state index contributed by atoms with van der Waals surface area (Å²) in [5, 5.41) is 3.23. The normalized spacial score (nSPS) is 24.4. The fraction of sp³-hybridized carbons (Fsp3) is 0.704. The van der Waals surface area contributed by atoms with Crippen LogP contribution in [0.4, 0.5) is 5.69 Å². The van der Waals surface area contributed by atoms with Crippen LogP contribution in [0.2, 0.25) is 5.02 Å². The van der Waals surface area contributed by atoms with Gasteiger partial charge in [0.05, 0.1) is 36.1 Å². The molecule has 0 saturated carbocycles. The van der Waals surface area contributed by atoms with Crippen LogP contribution in [-0.4, -0.2) is 92.9 Å². The SMILES string of the molecule is COc1cc(N)c(Cl)cc1C(=O)NC[C@H]1CN(CCCCCC(=O)O[C@@H]2CCCC3CCN3C2)CCO1. The third-order valence-electron chi connectivity index (χ3n) is 7.70. The van der Waals surface area contributed by atoms with Crippen molar-refractivity contribution in [1.29, 1.82) is 0 Å². The number of unbranched alkanes of at least 4 members (excludes halogenated alkanes) is 2. The molecule has 0 spiro atoms. The number of carbonyl (C=O) groups excluding carboxylic acids is 2. The number of rotatable bonds is 11. The average molecular weight is 537 g/mol. The zero-order valence-electron chi connectivity index (χ0n) is 21.9. The average Bonchev–Trinajstić information content (AvgIpc) is 3.01. The van der Waals surface area contributed by atoms with E-state index in [2.05, 4.69) is 15.1 Å². The number of nitrogen functional groups attached to an aromatic ring is 1. The molecule has 3 atom stereocenters. The number of nitrogens with one attached hydrogen (secondary N) is 1. The second kappa shape index (κ2) is 13.6. The Balaban J connectivity index is 1.10. The number of ether oxygens (including phenoxy) is 3. The van der Waals surface area contributed by atoms with Gasteiger partial charge in [-0.1, -0.05) is 18.0 Å². The van der Waals surface area contributed by atoms with Gasteiger partial charge in [-0.25, -0.2) is 0 Å². The number of carbonyl (C=O) groups is 2. The minimum Gasteiger partial charge on any atom is -0.496 e. The lowest BCUT2D eigenvalue weighted by atomic mass is 10.00. The largest absolute Gasteiger partial charge is 0.496 e. The van der Waals surface area contributed by atoms with Crippen molar-refractivity contribution in [1.82, 2.24) is 15.1 Å². The minimum absolute atomic E-state index is 0.0508. The second-order valence-corrected chi connectivity index (χ2v) is 10.8. The molecule has 0 bridgehead atoms. The predicted molar refractivity (Wildman–Crippen MR) is 143 cm³/mol. The molecule has 3 saturated heterocycles. The molecule has 0 radical (unpaired) electrons. The fourth-order valence-corrected chi connectivity index (χ4v) is 5.61. The van der Waals surface area contributed by atoms with Crippen LogP contribution >= 0.6 is 11.6 Å². The Morgan fingerprint density at radius 1 is 1.16 bits per heavy atom. The number of morpholine rings is 1. The smallest absolute Gasteiger partial charge is 0.306 e. The van der Waals surface area contributed by atoms with Gasteiger partial charge in [-0.3, -0.25) is 19.4 Å². The summed E-state index contributed by atoms with van der Waals surface area (Å²) in [4.78, 5) is 29.8. The van der Waals surface area contributed by atoms with Gasteiger partial charge in [0.25, 0.3) is 5.91 Å². The van der Waals surface area contributed by atoms with Gasteiger partial charge in [0.15, 0.2) is 0 Å². The summed E-state index contributed by atoms with van der Waals surface area (Å²) in [5.41, 5.74) is 6.51. The molecular weight excluding hydrogens is 496 g/mol. The highest BCUT2D eigenvalue weighted by atomic mass is 35.5. The number of anilines is 1. The van der Waals surface area contributed by atoms with Gasteiger partial charge in [-0.05, 0) is 51.1 Å². The Kier molecular flexibility index (Phi) is 10.3. The van der Waals surface area contributed by atoms with E-state index < -0.39 is 0 Å². The summed E-state index contributed by atoms with van der Waals surface area (Å²) in [6, 6.07) is 3.80. The third kappa shape index (κ3) is 7.96. The number of halogens is 1. The molecule has 1 unspecified atom stereocenters. The van der Waals surface area contributed by atoms with Crippen molar-refractivity contribution >= 4 is 29.2 Å². The van der Waals surface area contributed by atoms with E-state index in [4.69, 9.17) is 31.5 Å². The van der Waals surface area contributed by atoms with E-state index in [-0.39, 0.29) is 24.1 Å². The lowest BCUT2D eigenvalue weighted by molar-refractivity contribution is -0.150. The second-order valence-electron chi connectivity index (χ2n) is 10.4. The van der Waals surface area contributed by atoms with E-state index in [1.165, 1.54) is 26.0 Å². The lowest BCUT2D eigenvalue weighted by Crippen LogP contribution is -2.49. The van der Waals surface area contributed by atoms with E-state index in [1.807, 2.05) is 0 Å². The summed E-state index contributed by atoms with van der Waals surface area (Å²) in [5.74, 6) is 0.0542. The monoisotopic (exact) mass is 536 g/mol. The van der Waals surface area contributed by atoms with Crippen LogP contribution in [-0.2, 0) is 14.3 Å². The van der Waals surface area contributed by atoms with Crippen molar-refractivity contribution in [3.05, 3.63) is 22.7 Å². The van der Waals surface area contributed by atoms with Gasteiger partial charge in [-0.2, -0.15) is 0 Å². The molecule has 1 amide bonds. The fourth-order valence-electron chi connectivity index (χ4n) is 5.44. The van der Waals surface area contributed by atoms with Crippen molar-refractivity contribution in [3.63, 3.8) is 0 Å². The van der Waals surface area contributed by atoms with E-state index >= 15 is 0 Å². The topological polar surface area (TPSA) is 106 Å². The number of methoxy groups -OCH3 is 1. The van der Waals surface area contributed by atoms with Gasteiger partial charge in [0, 0.05) is 51.3 Å². The molecule has 10 heteroatoms. The van der Waals surface area contributed by atoms with E-state index in [1.54, 1.807) is 6.07 Å². The summed E-state index contributed by atoms with van der Waals surface area (Å²) in [7, 11) is 1.49. The summed E-state index contributed by atoms with van der Waals surface area (Å²) in [6.45, 7) is 5.65. The molecule has 0 aromatic heterocycles. The Morgan fingerprint density at radius 3 is 2.81 bits per heavy atom. The highest BCUT2D eigenvalue weighted by molar-refractivity contribution is 6.33. The number of fused-ring (bicyclic) bond motifs is 1. The molecule has 3 heterocycles. The van der Waals surface area contributed by atoms with Gasteiger partial charge in [-0.15, -0.1) is 0 Å². The third-order valence-corrected chi connectivity index (χ3v) is 8.02. The maximum atomic E-state index is 12.7. The molecule has 0 aliphatic carbocycles. The first kappa shape index (κ1) is 28.0. The zero-order chi connectivity index (χ0) is 26.2. The van der Waals surface area contributed by atoms with Gasteiger partial charge < -0.3 is 25.3 Å². The lowest BCUT2D eigenvalue weighted by Gasteiger charge is -2.40. The van der Waals surface area contributed by atoms with Crippen LogP contribution in [0.1, 0.15) is 61.7 Å². The molecule has 3 N–H and O–H groups in total. The Labute approximate surface area is 224 Å². The molecular formula is C27H41ClN4O5. The number of nitrogens with zero attached hydrogens (tertiary/aromatic N) is 2. The Hall–Kier alpha value is -2.07. The number of esters is 1. The first-order valence-corrected chi connectivity index (χ1v) is 14.0. The van der Waals surface area contributed by atoms with Crippen molar-refractivity contribution in [2.24, 2.45) is 0 Å². The molecule has 37 heavy (non-hydrogen) atoms. The maximum absolute atomic E-state index is 12.7. The van der Waals surface area contributed by atoms with Gasteiger partial charge in [0.1, 0.15) is 11.9 Å². The Bertz CT molecular complexity index is 932. The van der Waals surface area contributed by atoms with Gasteiger partial charge in [0.2, 0.25) is 0 Å². The van der Waals surface area contributed by atoms with Crippen LogP contribution < -0.4 is 15.8 Å². The summed E-state index contributed by atoms with van der Waals surface area (Å²) < 4.78 is 16.9. The molecule has 9 nitrogen and oxygen atoms in total. The quantitative estimate of drug-likeness (QED) is 0.252. The van der Waals surface area contributed by atoms with Crippen molar-refractivity contribution in [2.75, 3.05) is 58.7 Å². The number of nitrogens with two attached hydrogens (primary N) is 1. The number of hydrogen-bond donors (Lipinski definition) is 2. The molecule has 3 aliphatic rings. The van der Waals surface area contributed by atoms with Gasteiger partial charge >= 0.3 is 5.97 Å². The number of amides is 1. The highest BCUT2D eigenvalue weighted by Gasteiger charge is 2.33. The first-order chi connectivity index (χ1) is 17.9. The van der Waals surface area contributed by atoms with E-state index in [0.29, 0.717) is 41.6 Å². The van der Waals surface area contributed by atoms with E-state index in [0.717, 1.165) is 70.9 Å². The zero-order valence-corrected chi connectivity index (χ0v) is 22.6.